The summed E-state index contributed by atoms with van der Waals surface area (Å²) in [4.78, 5) is 24.6. The Bertz CT molecular complexity index is 858. The molecule has 0 spiro atoms. The first-order valence-corrected chi connectivity index (χ1v) is 8.97. The van der Waals surface area contributed by atoms with Gasteiger partial charge in [0.25, 0.3) is 0 Å². The third-order valence-corrected chi connectivity index (χ3v) is 4.81. The Morgan fingerprint density at radius 3 is 2.74 bits per heavy atom. The molecule has 1 amide bonds. The van der Waals surface area contributed by atoms with Crippen LogP contribution in [0.5, 0.6) is 5.75 Å². The molecule has 142 valence electrons. The van der Waals surface area contributed by atoms with Crippen molar-refractivity contribution in [2.75, 3.05) is 13.1 Å². The molecule has 1 fully saturated rings. The van der Waals surface area contributed by atoms with Gasteiger partial charge >= 0.3 is 5.97 Å². The van der Waals surface area contributed by atoms with Crippen molar-refractivity contribution in [3.8, 4) is 5.75 Å². The summed E-state index contributed by atoms with van der Waals surface area (Å²) < 4.78 is 19.5. The quantitative estimate of drug-likeness (QED) is 0.784. The van der Waals surface area contributed by atoms with E-state index in [2.05, 4.69) is 0 Å². The molecule has 2 aromatic carbocycles. The van der Waals surface area contributed by atoms with E-state index >= 15 is 0 Å². The molecule has 7 heteroatoms. The summed E-state index contributed by atoms with van der Waals surface area (Å²) in [6, 6.07) is 11.5. The Balaban J connectivity index is 1.66. The molecule has 0 bridgehead atoms. The molecule has 1 aliphatic rings. The number of aliphatic carboxylic acids is 1. The topological polar surface area (TPSA) is 66.8 Å². The van der Waals surface area contributed by atoms with Gasteiger partial charge in [-0.2, -0.15) is 0 Å². The number of nitrogens with zero attached hydrogens (tertiary/aromatic N) is 1. The Labute approximate surface area is 161 Å². The Kier molecular flexibility index (Phi) is 5.96. The number of halogens is 2. The molecule has 0 saturated carbocycles. The zero-order valence-corrected chi connectivity index (χ0v) is 15.3. The van der Waals surface area contributed by atoms with E-state index in [0.29, 0.717) is 29.3 Å². The van der Waals surface area contributed by atoms with Crippen molar-refractivity contribution in [2.24, 2.45) is 5.92 Å². The van der Waals surface area contributed by atoms with Crippen LogP contribution in [-0.4, -0.2) is 35.0 Å². The number of carboxylic acid groups (broad SMARTS) is 1. The zero-order chi connectivity index (χ0) is 19.4. The first-order valence-electron chi connectivity index (χ1n) is 8.59. The lowest BCUT2D eigenvalue weighted by Gasteiger charge is -2.18. The molecule has 1 atom stereocenters. The molecule has 3 rings (SSSR count). The van der Waals surface area contributed by atoms with Crippen LogP contribution in [0.2, 0.25) is 5.02 Å². The number of carbonyl (C=O) groups excluding carboxylic acids is 1. The third-order valence-electron chi connectivity index (χ3n) is 4.58. The van der Waals surface area contributed by atoms with Crippen LogP contribution in [0.3, 0.4) is 0 Å². The molecule has 5 nitrogen and oxygen atoms in total. The van der Waals surface area contributed by atoms with Gasteiger partial charge < -0.3 is 14.7 Å². The fraction of sp³-hybridized carbons (Fsp3) is 0.300. The summed E-state index contributed by atoms with van der Waals surface area (Å²) in [7, 11) is 0. The van der Waals surface area contributed by atoms with E-state index in [0.717, 1.165) is 5.56 Å². The highest BCUT2D eigenvalue weighted by molar-refractivity contribution is 6.30. The van der Waals surface area contributed by atoms with Gasteiger partial charge in [0, 0.05) is 30.1 Å². The molecule has 27 heavy (non-hydrogen) atoms. The number of amides is 1. The number of hydrogen-bond donors (Lipinski definition) is 1. The normalized spacial score (nSPS) is 16.6. The number of likely N-dealkylation sites (tertiary alicyclic amines) is 1. The molecule has 1 heterocycles. The van der Waals surface area contributed by atoms with Crippen LogP contribution in [-0.2, 0) is 22.6 Å². The summed E-state index contributed by atoms with van der Waals surface area (Å²) in [5, 5.41) is 9.60. The van der Waals surface area contributed by atoms with E-state index in [1.165, 1.54) is 6.07 Å². The Morgan fingerprint density at radius 1 is 1.26 bits per heavy atom. The summed E-state index contributed by atoms with van der Waals surface area (Å²) in [6.07, 6.45) is 0.493. The van der Waals surface area contributed by atoms with Gasteiger partial charge in [0.2, 0.25) is 5.91 Å². The number of carbonyl (C=O) groups is 2. The van der Waals surface area contributed by atoms with Gasteiger partial charge in [-0.3, -0.25) is 9.59 Å². The summed E-state index contributed by atoms with van der Waals surface area (Å²) in [5.74, 6) is -1.56. The van der Waals surface area contributed by atoms with Crippen molar-refractivity contribution in [3.63, 3.8) is 0 Å². The minimum atomic E-state index is -0.956. The van der Waals surface area contributed by atoms with Crippen molar-refractivity contribution in [3.05, 3.63) is 64.4 Å². The van der Waals surface area contributed by atoms with Crippen LogP contribution >= 0.6 is 11.6 Å². The van der Waals surface area contributed by atoms with Gasteiger partial charge in [-0.15, -0.1) is 0 Å². The van der Waals surface area contributed by atoms with Crippen LogP contribution in [0.1, 0.15) is 17.5 Å². The third kappa shape index (κ3) is 4.77. The fourth-order valence-corrected chi connectivity index (χ4v) is 3.26. The molecule has 0 aromatic heterocycles. The van der Waals surface area contributed by atoms with Crippen LogP contribution in [0.4, 0.5) is 4.39 Å². The van der Waals surface area contributed by atoms with Crippen molar-refractivity contribution < 1.29 is 23.8 Å². The van der Waals surface area contributed by atoms with E-state index in [9.17, 15) is 14.0 Å². The zero-order valence-electron chi connectivity index (χ0n) is 14.5. The molecule has 1 N–H and O–H groups in total. The monoisotopic (exact) mass is 391 g/mol. The maximum atomic E-state index is 13.8. The predicted molar refractivity (Wildman–Crippen MR) is 98.2 cm³/mol. The number of ether oxygens (including phenoxy) is 1. The van der Waals surface area contributed by atoms with E-state index in [-0.39, 0.29) is 31.3 Å². The van der Waals surface area contributed by atoms with Crippen molar-refractivity contribution >= 4 is 23.5 Å². The van der Waals surface area contributed by atoms with E-state index in [1.54, 1.807) is 41.3 Å². The lowest BCUT2D eigenvalue weighted by atomic mass is 10.1. The second-order valence-corrected chi connectivity index (χ2v) is 6.90. The first-order chi connectivity index (χ1) is 12.9. The SMILES string of the molecule is O=C(O)C1CC(=O)N(CCc2cc(Cl)ccc2OCc2ccccc2F)C1. The lowest BCUT2D eigenvalue weighted by molar-refractivity contribution is -0.141. The fourth-order valence-electron chi connectivity index (χ4n) is 3.06. The molecular formula is C20H19ClFNO4. The predicted octanol–water partition coefficient (Wildman–Crippen LogP) is 3.53. The maximum Gasteiger partial charge on any atom is 0.308 e. The van der Waals surface area contributed by atoms with Crippen molar-refractivity contribution in [2.45, 2.75) is 19.4 Å². The van der Waals surface area contributed by atoms with Gasteiger partial charge in [0.05, 0.1) is 5.92 Å². The molecule has 0 radical (unpaired) electrons. The number of hydrogen-bond acceptors (Lipinski definition) is 3. The van der Waals surface area contributed by atoms with E-state index in [1.807, 2.05) is 0 Å². The van der Waals surface area contributed by atoms with Gasteiger partial charge in [-0.25, -0.2) is 4.39 Å². The van der Waals surface area contributed by atoms with Gasteiger partial charge in [0.15, 0.2) is 0 Å². The maximum absolute atomic E-state index is 13.8. The van der Waals surface area contributed by atoms with E-state index in [4.69, 9.17) is 21.4 Å². The second kappa shape index (κ2) is 8.39. The highest BCUT2D eigenvalue weighted by atomic mass is 35.5. The van der Waals surface area contributed by atoms with Gasteiger partial charge in [-0.1, -0.05) is 29.8 Å². The molecule has 1 aliphatic heterocycles. The molecular weight excluding hydrogens is 373 g/mol. The van der Waals surface area contributed by atoms with E-state index < -0.39 is 11.9 Å². The molecule has 0 aliphatic carbocycles. The molecule has 2 aromatic rings. The number of rotatable bonds is 7. The molecule has 1 unspecified atom stereocenters. The highest BCUT2D eigenvalue weighted by Gasteiger charge is 2.33. The van der Waals surface area contributed by atoms with Crippen LogP contribution in [0.15, 0.2) is 42.5 Å². The van der Waals surface area contributed by atoms with Crippen molar-refractivity contribution in [1.29, 1.82) is 0 Å². The Morgan fingerprint density at radius 2 is 2.04 bits per heavy atom. The average Bonchev–Trinajstić information content (AvgIpc) is 3.01. The standard InChI is InChI=1S/C20H19ClFNO4/c21-16-5-6-18(27-12-14-3-1-2-4-17(14)22)13(9-16)7-8-23-11-15(20(25)26)10-19(23)24/h1-6,9,15H,7-8,10-12H2,(H,25,26). The summed E-state index contributed by atoms with van der Waals surface area (Å²) in [6.45, 7) is 0.657. The summed E-state index contributed by atoms with van der Waals surface area (Å²) in [5.41, 5.74) is 1.22. The highest BCUT2D eigenvalue weighted by Crippen LogP contribution is 2.26. The largest absolute Gasteiger partial charge is 0.489 e. The average molecular weight is 392 g/mol. The first kappa shape index (κ1) is 19.2. The second-order valence-electron chi connectivity index (χ2n) is 6.46. The lowest BCUT2D eigenvalue weighted by Crippen LogP contribution is -2.28. The minimum absolute atomic E-state index is 0.0293. The Hall–Kier alpha value is -2.60. The van der Waals surface area contributed by atoms with Gasteiger partial charge in [0.1, 0.15) is 18.2 Å². The van der Waals surface area contributed by atoms with Crippen LogP contribution in [0.25, 0.3) is 0 Å². The number of carboxylic acids is 1. The smallest absolute Gasteiger partial charge is 0.308 e. The molecule has 1 saturated heterocycles. The van der Waals surface area contributed by atoms with Crippen LogP contribution < -0.4 is 4.74 Å². The minimum Gasteiger partial charge on any atom is -0.489 e. The van der Waals surface area contributed by atoms with Crippen LogP contribution in [0, 0.1) is 11.7 Å². The van der Waals surface area contributed by atoms with Gasteiger partial charge in [-0.05, 0) is 36.2 Å². The number of benzene rings is 2. The summed E-state index contributed by atoms with van der Waals surface area (Å²) >= 11 is 6.07. The van der Waals surface area contributed by atoms with Crippen molar-refractivity contribution in [1.82, 2.24) is 4.90 Å².